The highest BCUT2D eigenvalue weighted by Crippen LogP contribution is 2.23. The molecular weight excluding hydrogens is 372 g/mol. The fourth-order valence-electron chi connectivity index (χ4n) is 3.49. The zero-order valence-corrected chi connectivity index (χ0v) is 15.7. The Morgan fingerprint density at radius 2 is 1.62 bits per heavy atom. The molecule has 8 nitrogen and oxygen atoms in total. The Bertz CT molecular complexity index is 951. The minimum Gasteiger partial charge on any atom is -0.360 e. The monoisotopic (exact) mass is 392 g/mol. The predicted octanol–water partition coefficient (Wildman–Crippen LogP) is 1.25. The molecular formula is C21H20N4O4. The zero-order chi connectivity index (χ0) is 20.4. The smallest absolute Gasteiger partial charge is 0.261 e. The Labute approximate surface area is 167 Å². The SMILES string of the molecule is O=C1CN(c2ccc(NC(=O)CCN3C(=O)c4ccccc4C3=O)cc2)CCN1. The number of fused-ring (bicyclic) bond motifs is 1. The summed E-state index contributed by atoms with van der Waals surface area (Å²) in [6.07, 6.45) is 0.0134. The van der Waals surface area contributed by atoms with Gasteiger partial charge in [-0.3, -0.25) is 24.1 Å². The van der Waals surface area contributed by atoms with Crippen LogP contribution in [0.15, 0.2) is 48.5 Å². The van der Waals surface area contributed by atoms with Crippen LogP contribution in [0.1, 0.15) is 27.1 Å². The fraction of sp³-hybridized carbons (Fsp3) is 0.238. The van der Waals surface area contributed by atoms with Gasteiger partial charge in [0.25, 0.3) is 11.8 Å². The van der Waals surface area contributed by atoms with Crippen molar-refractivity contribution in [2.45, 2.75) is 6.42 Å². The van der Waals surface area contributed by atoms with E-state index in [1.54, 1.807) is 36.4 Å². The lowest BCUT2D eigenvalue weighted by molar-refractivity contribution is -0.120. The van der Waals surface area contributed by atoms with Crippen LogP contribution in [0, 0.1) is 0 Å². The first-order valence-electron chi connectivity index (χ1n) is 9.40. The van der Waals surface area contributed by atoms with E-state index >= 15 is 0 Å². The number of nitrogens with one attached hydrogen (secondary N) is 2. The van der Waals surface area contributed by atoms with Crippen molar-refractivity contribution in [1.82, 2.24) is 10.2 Å². The quantitative estimate of drug-likeness (QED) is 0.746. The molecule has 4 rings (SSSR count). The summed E-state index contributed by atoms with van der Waals surface area (Å²) in [6.45, 7) is 1.68. The highest BCUT2D eigenvalue weighted by atomic mass is 16.2. The van der Waals surface area contributed by atoms with Gasteiger partial charge < -0.3 is 15.5 Å². The lowest BCUT2D eigenvalue weighted by atomic mass is 10.1. The fourth-order valence-corrected chi connectivity index (χ4v) is 3.49. The van der Waals surface area contributed by atoms with Crippen molar-refractivity contribution >= 4 is 35.0 Å². The minimum absolute atomic E-state index is 0.0122. The van der Waals surface area contributed by atoms with Gasteiger partial charge in [0.2, 0.25) is 11.8 Å². The molecule has 2 aromatic carbocycles. The first-order chi connectivity index (χ1) is 14.0. The molecule has 2 heterocycles. The highest BCUT2D eigenvalue weighted by Gasteiger charge is 2.34. The van der Waals surface area contributed by atoms with Gasteiger partial charge >= 0.3 is 0 Å². The van der Waals surface area contributed by atoms with Crippen LogP contribution in [0.2, 0.25) is 0 Å². The second-order valence-corrected chi connectivity index (χ2v) is 6.92. The Balaban J connectivity index is 1.32. The molecule has 0 unspecified atom stereocenters. The average Bonchev–Trinajstić information content (AvgIpc) is 2.97. The second-order valence-electron chi connectivity index (χ2n) is 6.92. The summed E-state index contributed by atoms with van der Waals surface area (Å²) in [5.74, 6) is -1.03. The van der Waals surface area contributed by atoms with Crippen molar-refractivity contribution < 1.29 is 19.2 Å². The van der Waals surface area contributed by atoms with Gasteiger partial charge in [0.15, 0.2) is 0 Å². The van der Waals surface area contributed by atoms with E-state index in [1.165, 1.54) is 0 Å². The number of imide groups is 1. The summed E-state index contributed by atoms with van der Waals surface area (Å²) >= 11 is 0. The molecule has 4 amide bonds. The molecule has 2 aromatic rings. The van der Waals surface area contributed by atoms with Gasteiger partial charge in [-0.15, -0.1) is 0 Å². The maximum Gasteiger partial charge on any atom is 0.261 e. The van der Waals surface area contributed by atoms with Gasteiger partial charge in [0.1, 0.15) is 0 Å². The van der Waals surface area contributed by atoms with Gasteiger partial charge in [-0.05, 0) is 36.4 Å². The number of piperazine rings is 1. The van der Waals surface area contributed by atoms with E-state index in [4.69, 9.17) is 0 Å². The maximum absolute atomic E-state index is 12.3. The summed E-state index contributed by atoms with van der Waals surface area (Å²) in [7, 11) is 0. The number of hydrogen-bond acceptors (Lipinski definition) is 5. The highest BCUT2D eigenvalue weighted by molar-refractivity contribution is 6.21. The van der Waals surface area contributed by atoms with Crippen molar-refractivity contribution in [2.75, 3.05) is 36.4 Å². The van der Waals surface area contributed by atoms with E-state index in [0.29, 0.717) is 29.9 Å². The summed E-state index contributed by atoms with van der Waals surface area (Å²) < 4.78 is 0. The number of carbonyl (C=O) groups is 4. The van der Waals surface area contributed by atoms with E-state index in [2.05, 4.69) is 10.6 Å². The van der Waals surface area contributed by atoms with Gasteiger partial charge in [0.05, 0.1) is 17.7 Å². The van der Waals surface area contributed by atoms with Gasteiger partial charge in [-0.25, -0.2) is 0 Å². The third-order valence-corrected chi connectivity index (χ3v) is 5.00. The van der Waals surface area contributed by atoms with E-state index in [-0.39, 0.29) is 36.6 Å². The number of hydrogen-bond donors (Lipinski definition) is 2. The van der Waals surface area contributed by atoms with Crippen LogP contribution in [0.25, 0.3) is 0 Å². The van der Waals surface area contributed by atoms with E-state index < -0.39 is 0 Å². The maximum atomic E-state index is 12.3. The summed E-state index contributed by atoms with van der Waals surface area (Å²) in [6, 6.07) is 13.9. The van der Waals surface area contributed by atoms with Crippen molar-refractivity contribution in [1.29, 1.82) is 0 Å². The molecule has 2 aliphatic rings. The molecule has 29 heavy (non-hydrogen) atoms. The van der Waals surface area contributed by atoms with Crippen LogP contribution in [-0.4, -0.2) is 54.7 Å². The number of amides is 4. The van der Waals surface area contributed by atoms with Crippen molar-refractivity contribution in [2.24, 2.45) is 0 Å². The Hall–Kier alpha value is -3.68. The van der Waals surface area contributed by atoms with Crippen LogP contribution in [0.3, 0.4) is 0 Å². The Kier molecular flexibility index (Phi) is 4.99. The minimum atomic E-state index is -0.367. The molecule has 1 fully saturated rings. The molecule has 2 N–H and O–H groups in total. The molecule has 0 aliphatic carbocycles. The summed E-state index contributed by atoms with van der Waals surface area (Å²) in [4.78, 5) is 51.5. The lowest BCUT2D eigenvalue weighted by Gasteiger charge is -2.28. The lowest BCUT2D eigenvalue weighted by Crippen LogP contribution is -2.47. The number of rotatable bonds is 5. The number of carbonyl (C=O) groups excluding carboxylic acids is 4. The normalized spacial score (nSPS) is 15.9. The zero-order valence-electron chi connectivity index (χ0n) is 15.7. The topological polar surface area (TPSA) is 98.8 Å². The standard InChI is InChI=1S/C21H20N4O4/c26-18(9-11-25-20(28)16-3-1-2-4-17(16)21(25)29)23-14-5-7-15(8-6-14)24-12-10-22-19(27)13-24/h1-8H,9-13H2,(H,22,27)(H,23,26). The molecule has 8 heteroatoms. The number of benzene rings is 2. The summed E-state index contributed by atoms with van der Waals surface area (Å²) in [5, 5.41) is 5.55. The van der Waals surface area contributed by atoms with Crippen molar-refractivity contribution in [3.63, 3.8) is 0 Å². The van der Waals surface area contributed by atoms with Gasteiger partial charge in [-0.1, -0.05) is 12.1 Å². The molecule has 148 valence electrons. The van der Waals surface area contributed by atoms with E-state index in [1.807, 2.05) is 17.0 Å². The van der Waals surface area contributed by atoms with Crippen LogP contribution in [-0.2, 0) is 9.59 Å². The van der Waals surface area contributed by atoms with Crippen LogP contribution >= 0.6 is 0 Å². The Morgan fingerprint density at radius 1 is 0.966 bits per heavy atom. The molecule has 2 aliphatic heterocycles. The predicted molar refractivity (Wildman–Crippen MR) is 107 cm³/mol. The third kappa shape index (κ3) is 3.82. The first-order valence-corrected chi connectivity index (χ1v) is 9.40. The van der Waals surface area contributed by atoms with Crippen LogP contribution in [0.4, 0.5) is 11.4 Å². The largest absolute Gasteiger partial charge is 0.360 e. The first kappa shape index (κ1) is 18.7. The van der Waals surface area contributed by atoms with Gasteiger partial charge in [0, 0.05) is 37.4 Å². The molecule has 0 saturated carbocycles. The molecule has 0 aromatic heterocycles. The van der Waals surface area contributed by atoms with E-state index in [9.17, 15) is 19.2 Å². The number of anilines is 2. The molecule has 1 saturated heterocycles. The van der Waals surface area contributed by atoms with Crippen molar-refractivity contribution in [3.05, 3.63) is 59.7 Å². The molecule has 0 radical (unpaired) electrons. The molecule has 0 atom stereocenters. The Morgan fingerprint density at radius 3 is 2.24 bits per heavy atom. The van der Waals surface area contributed by atoms with Gasteiger partial charge in [-0.2, -0.15) is 0 Å². The third-order valence-electron chi connectivity index (χ3n) is 5.00. The molecule has 0 bridgehead atoms. The summed E-state index contributed by atoms with van der Waals surface area (Å²) in [5.41, 5.74) is 2.27. The second kappa shape index (κ2) is 7.75. The van der Waals surface area contributed by atoms with Crippen molar-refractivity contribution in [3.8, 4) is 0 Å². The van der Waals surface area contributed by atoms with E-state index in [0.717, 1.165) is 17.1 Å². The number of nitrogens with zero attached hydrogens (tertiary/aromatic N) is 2. The van der Waals surface area contributed by atoms with Crippen LogP contribution in [0.5, 0.6) is 0 Å². The average molecular weight is 392 g/mol. The van der Waals surface area contributed by atoms with Crippen LogP contribution < -0.4 is 15.5 Å². The molecule has 0 spiro atoms.